The summed E-state index contributed by atoms with van der Waals surface area (Å²) in [5.74, 6) is 0. The topological polar surface area (TPSA) is 30.9 Å². The third-order valence-electron chi connectivity index (χ3n) is 4.17. The SMILES string of the molecule is Cc1cccc2c1ccn2CC1(CCN)CC1. The van der Waals surface area contributed by atoms with Crippen molar-refractivity contribution >= 4 is 10.9 Å². The van der Waals surface area contributed by atoms with E-state index >= 15 is 0 Å². The van der Waals surface area contributed by atoms with Crippen LogP contribution in [0.5, 0.6) is 0 Å². The Morgan fingerprint density at radius 2 is 2.12 bits per heavy atom. The molecule has 90 valence electrons. The molecular formula is C15H20N2. The second-order valence-corrected chi connectivity index (χ2v) is 5.49. The van der Waals surface area contributed by atoms with Crippen molar-refractivity contribution < 1.29 is 0 Å². The van der Waals surface area contributed by atoms with Gasteiger partial charge < -0.3 is 10.3 Å². The maximum atomic E-state index is 5.71. The van der Waals surface area contributed by atoms with Gasteiger partial charge in [0.1, 0.15) is 0 Å². The highest BCUT2D eigenvalue weighted by atomic mass is 15.0. The van der Waals surface area contributed by atoms with Gasteiger partial charge >= 0.3 is 0 Å². The van der Waals surface area contributed by atoms with Gasteiger partial charge in [0, 0.05) is 23.6 Å². The molecule has 1 aromatic heterocycles. The van der Waals surface area contributed by atoms with Crippen molar-refractivity contribution in [2.24, 2.45) is 11.1 Å². The van der Waals surface area contributed by atoms with Crippen LogP contribution >= 0.6 is 0 Å². The summed E-state index contributed by atoms with van der Waals surface area (Å²) in [5.41, 5.74) is 8.95. The average molecular weight is 228 g/mol. The van der Waals surface area contributed by atoms with Crippen molar-refractivity contribution in [3.8, 4) is 0 Å². The Balaban J connectivity index is 1.94. The third kappa shape index (κ3) is 1.87. The van der Waals surface area contributed by atoms with Gasteiger partial charge in [0.2, 0.25) is 0 Å². The zero-order valence-electron chi connectivity index (χ0n) is 10.4. The van der Waals surface area contributed by atoms with Crippen molar-refractivity contribution in [1.82, 2.24) is 4.57 Å². The monoisotopic (exact) mass is 228 g/mol. The maximum absolute atomic E-state index is 5.71. The molecule has 1 fully saturated rings. The van der Waals surface area contributed by atoms with Crippen LogP contribution in [0.15, 0.2) is 30.5 Å². The molecule has 1 aliphatic carbocycles. The molecule has 2 aromatic rings. The molecule has 2 nitrogen and oxygen atoms in total. The van der Waals surface area contributed by atoms with Crippen LogP contribution in [0.25, 0.3) is 10.9 Å². The van der Waals surface area contributed by atoms with Gasteiger partial charge in [-0.15, -0.1) is 0 Å². The summed E-state index contributed by atoms with van der Waals surface area (Å²) >= 11 is 0. The molecule has 0 bridgehead atoms. The number of nitrogens with two attached hydrogens (primary N) is 1. The predicted octanol–water partition coefficient (Wildman–Crippen LogP) is 3.08. The van der Waals surface area contributed by atoms with Gasteiger partial charge in [-0.05, 0) is 55.8 Å². The van der Waals surface area contributed by atoms with Crippen molar-refractivity contribution in [2.75, 3.05) is 6.54 Å². The van der Waals surface area contributed by atoms with Gasteiger partial charge in [-0.1, -0.05) is 12.1 Å². The number of rotatable bonds is 4. The lowest BCUT2D eigenvalue weighted by molar-refractivity contribution is 0.404. The summed E-state index contributed by atoms with van der Waals surface area (Å²) in [6, 6.07) is 8.79. The van der Waals surface area contributed by atoms with E-state index in [-0.39, 0.29) is 0 Å². The first kappa shape index (κ1) is 10.8. The minimum atomic E-state index is 0.504. The third-order valence-corrected chi connectivity index (χ3v) is 4.17. The molecule has 0 radical (unpaired) electrons. The van der Waals surface area contributed by atoms with E-state index in [1.165, 1.54) is 35.7 Å². The lowest BCUT2D eigenvalue weighted by Crippen LogP contribution is -2.15. The van der Waals surface area contributed by atoms with E-state index in [4.69, 9.17) is 5.73 Å². The molecular weight excluding hydrogens is 208 g/mol. The van der Waals surface area contributed by atoms with Gasteiger partial charge in [0.15, 0.2) is 0 Å². The number of aryl methyl sites for hydroxylation is 1. The number of aromatic nitrogens is 1. The second-order valence-electron chi connectivity index (χ2n) is 5.49. The fourth-order valence-corrected chi connectivity index (χ4v) is 2.85. The van der Waals surface area contributed by atoms with Gasteiger partial charge in [0.05, 0.1) is 0 Å². The molecule has 0 amide bonds. The largest absolute Gasteiger partial charge is 0.347 e. The van der Waals surface area contributed by atoms with E-state index in [9.17, 15) is 0 Å². The Morgan fingerprint density at radius 3 is 2.82 bits per heavy atom. The quantitative estimate of drug-likeness (QED) is 0.856. The number of benzene rings is 1. The molecule has 0 saturated heterocycles. The number of hydrogen-bond acceptors (Lipinski definition) is 1. The van der Waals surface area contributed by atoms with Crippen LogP contribution in [-0.4, -0.2) is 11.1 Å². The van der Waals surface area contributed by atoms with Gasteiger partial charge in [-0.3, -0.25) is 0 Å². The highest BCUT2D eigenvalue weighted by Crippen LogP contribution is 2.50. The van der Waals surface area contributed by atoms with Gasteiger partial charge in [0.25, 0.3) is 0 Å². The molecule has 0 atom stereocenters. The number of fused-ring (bicyclic) bond motifs is 1. The first-order valence-corrected chi connectivity index (χ1v) is 6.49. The summed E-state index contributed by atoms with van der Waals surface area (Å²) in [6.07, 6.45) is 6.08. The fourth-order valence-electron chi connectivity index (χ4n) is 2.85. The van der Waals surface area contributed by atoms with Crippen molar-refractivity contribution in [1.29, 1.82) is 0 Å². The Bertz CT molecular complexity index is 535. The minimum Gasteiger partial charge on any atom is -0.347 e. The summed E-state index contributed by atoms with van der Waals surface area (Å²) in [7, 11) is 0. The van der Waals surface area contributed by atoms with Gasteiger partial charge in [-0.2, -0.15) is 0 Å². The molecule has 0 unspecified atom stereocenters. The summed E-state index contributed by atoms with van der Waals surface area (Å²) in [6.45, 7) is 4.13. The van der Waals surface area contributed by atoms with E-state index in [0.29, 0.717) is 5.41 Å². The van der Waals surface area contributed by atoms with E-state index in [1.807, 2.05) is 0 Å². The van der Waals surface area contributed by atoms with Gasteiger partial charge in [-0.25, -0.2) is 0 Å². The normalized spacial score (nSPS) is 17.5. The Morgan fingerprint density at radius 1 is 1.29 bits per heavy atom. The Kier molecular flexibility index (Phi) is 2.48. The fraction of sp³-hybridized carbons (Fsp3) is 0.467. The lowest BCUT2D eigenvalue weighted by atomic mass is 10.0. The summed E-state index contributed by atoms with van der Waals surface area (Å²) < 4.78 is 2.41. The molecule has 1 aliphatic rings. The molecule has 1 aromatic carbocycles. The Hall–Kier alpha value is -1.28. The van der Waals surface area contributed by atoms with E-state index in [1.54, 1.807) is 0 Å². The highest BCUT2D eigenvalue weighted by molar-refractivity contribution is 5.83. The first-order chi connectivity index (χ1) is 8.24. The van der Waals surface area contributed by atoms with Crippen LogP contribution in [0.3, 0.4) is 0 Å². The van der Waals surface area contributed by atoms with Crippen LogP contribution in [0, 0.1) is 12.3 Å². The van der Waals surface area contributed by atoms with Crippen LogP contribution in [-0.2, 0) is 6.54 Å². The van der Waals surface area contributed by atoms with E-state index in [0.717, 1.165) is 13.1 Å². The van der Waals surface area contributed by atoms with Crippen LogP contribution in [0.4, 0.5) is 0 Å². The minimum absolute atomic E-state index is 0.504. The van der Waals surface area contributed by atoms with Crippen molar-refractivity contribution in [3.63, 3.8) is 0 Å². The summed E-state index contributed by atoms with van der Waals surface area (Å²) in [4.78, 5) is 0. The Labute approximate surface area is 102 Å². The molecule has 17 heavy (non-hydrogen) atoms. The first-order valence-electron chi connectivity index (χ1n) is 6.49. The zero-order valence-corrected chi connectivity index (χ0v) is 10.4. The van der Waals surface area contributed by atoms with Crippen molar-refractivity contribution in [2.45, 2.75) is 32.7 Å². The van der Waals surface area contributed by atoms with E-state index in [2.05, 4.69) is 42.0 Å². The molecule has 2 heteroatoms. The zero-order chi connectivity index (χ0) is 11.9. The second kappa shape index (κ2) is 3.88. The van der Waals surface area contributed by atoms with Crippen LogP contribution in [0.2, 0.25) is 0 Å². The lowest BCUT2D eigenvalue weighted by Gasteiger charge is -2.16. The molecule has 1 saturated carbocycles. The standard InChI is InChI=1S/C15H20N2/c1-12-3-2-4-14-13(12)5-10-17(14)11-15(6-7-15)8-9-16/h2-5,10H,6-9,11,16H2,1H3. The predicted molar refractivity (Wildman–Crippen MR) is 72.0 cm³/mol. The molecule has 1 heterocycles. The summed E-state index contributed by atoms with van der Waals surface area (Å²) in [5, 5.41) is 1.39. The highest BCUT2D eigenvalue weighted by Gasteiger charge is 2.41. The molecule has 0 spiro atoms. The average Bonchev–Trinajstić information content (AvgIpc) is 2.93. The molecule has 0 aliphatic heterocycles. The van der Waals surface area contributed by atoms with Crippen LogP contribution < -0.4 is 5.73 Å². The number of nitrogens with zero attached hydrogens (tertiary/aromatic N) is 1. The number of hydrogen-bond donors (Lipinski definition) is 1. The van der Waals surface area contributed by atoms with E-state index < -0.39 is 0 Å². The van der Waals surface area contributed by atoms with Crippen molar-refractivity contribution in [3.05, 3.63) is 36.0 Å². The smallest absolute Gasteiger partial charge is 0.0483 e. The molecule has 2 N–H and O–H groups in total. The maximum Gasteiger partial charge on any atom is 0.0483 e. The molecule has 3 rings (SSSR count). The van der Waals surface area contributed by atoms with Crippen LogP contribution in [0.1, 0.15) is 24.8 Å².